The molecule has 0 aliphatic carbocycles. The van der Waals surface area contributed by atoms with E-state index in [9.17, 15) is 0 Å². The Bertz CT molecular complexity index is 387. The molecule has 2 aromatic heterocycles. The van der Waals surface area contributed by atoms with Crippen molar-refractivity contribution in [2.45, 2.75) is 20.8 Å². The maximum Gasteiger partial charge on any atom is 0.0375 e. The second kappa shape index (κ2) is 8.09. The number of nitrogens with zero attached hydrogens (tertiary/aromatic N) is 3. The van der Waals surface area contributed by atoms with Gasteiger partial charge in [-0.1, -0.05) is 18.8 Å². The van der Waals surface area contributed by atoms with E-state index < -0.39 is 0 Å². The second-order valence-electron chi connectivity index (χ2n) is 3.26. The molecule has 0 saturated heterocycles. The molecule has 0 fully saturated rings. The van der Waals surface area contributed by atoms with Crippen molar-refractivity contribution >= 4 is 0 Å². The molecule has 4 heteroatoms. The molecule has 85 valence electrons. The molecule has 0 aromatic carbocycles. The Labute approximate surface area is 110 Å². The molecular formula is C12H14N3Re-. The number of hydrogen-bond donors (Lipinski definition) is 0. The van der Waals surface area contributed by atoms with Crippen molar-refractivity contribution in [2.24, 2.45) is 0 Å². The van der Waals surface area contributed by atoms with Gasteiger partial charge in [0.05, 0.1) is 0 Å². The van der Waals surface area contributed by atoms with E-state index in [2.05, 4.69) is 34.1 Å². The van der Waals surface area contributed by atoms with Gasteiger partial charge in [-0.2, -0.15) is 0 Å². The van der Waals surface area contributed by atoms with Gasteiger partial charge in [-0.15, -0.1) is 6.07 Å². The monoisotopic (exact) mass is 387 g/mol. The average molecular weight is 386 g/mol. The molecule has 0 N–H and O–H groups in total. The van der Waals surface area contributed by atoms with Gasteiger partial charge in [0.25, 0.3) is 0 Å². The van der Waals surface area contributed by atoms with Gasteiger partial charge in [0.15, 0.2) is 0 Å². The first kappa shape index (κ1) is 14.9. The molecule has 16 heavy (non-hydrogen) atoms. The molecule has 2 aromatic rings. The van der Waals surface area contributed by atoms with Crippen molar-refractivity contribution < 1.29 is 20.4 Å². The maximum absolute atomic E-state index is 4.04. The van der Waals surface area contributed by atoms with Crippen LogP contribution < -0.4 is 0 Å². The second-order valence-corrected chi connectivity index (χ2v) is 3.26. The van der Waals surface area contributed by atoms with Crippen LogP contribution in [0.25, 0.3) is 0 Å². The van der Waals surface area contributed by atoms with E-state index in [0.29, 0.717) is 0 Å². The number of aromatic nitrogens is 3. The van der Waals surface area contributed by atoms with Gasteiger partial charge in [-0.05, 0) is 37.9 Å². The summed E-state index contributed by atoms with van der Waals surface area (Å²) in [5, 5.41) is 0. The summed E-state index contributed by atoms with van der Waals surface area (Å²) in [6.07, 6.45) is 5.95. The summed E-state index contributed by atoms with van der Waals surface area (Å²) in [4.78, 5) is 11.5. The third-order valence-electron chi connectivity index (χ3n) is 1.72. The Hall–Kier alpha value is -1.11. The molecule has 3 nitrogen and oxygen atoms in total. The molecule has 0 spiro atoms. The zero-order valence-electron chi connectivity index (χ0n) is 9.61. The van der Waals surface area contributed by atoms with Crippen molar-refractivity contribution in [3.05, 3.63) is 53.9 Å². The van der Waals surface area contributed by atoms with Crippen molar-refractivity contribution in [1.82, 2.24) is 15.0 Å². The summed E-state index contributed by atoms with van der Waals surface area (Å²) >= 11 is 0. The largest absolute Gasteiger partial charge is 0.376 e. The minimum absolute atomic E-state index is 0. The average Bonchev–Trinajstić information content (AvgIpc) is 2.19. The molecule has 2 rings (SSSR count). The predicted molar refractivity (Wildman–Crippen MR) is 59.3 cm³/mol. The van der Waals surface area contributed by atoms with Crippen LogP contribution in [0.1, 0.15) is 17.0 Å². The van der Waals surface area contributed by atoms with Gasteiger partial charge >= 0.3 is 0 Å². The van der Waals surface area contributed by atoms with Gasteiger partial charge in [-0.25, -0.2) is 0 Å². The zero-order valence-corrected chi connectivity index (χ0v) is 12.3. The molecule has 2 heterocycles. The molecule has 0 saturated carbocycles. The number of hydrogen-bond acceptors (Lipinski definition) is 3. The Balaban J connectivity index is 0.000000267. The fourth-order valence-electron chi connectivity index (χ4n) is 1.01. The van der Waals surface area contributed by atoms with Crippen molar-refractivity contribution in [1.29, 1.82) is 0 Å². The summed E-state index contributed by atoms with van der Waals surface area (Å²) in [7, 11) is 0. The smallest absolute Gasteiger partial charge is 0.0375 e. The van der Waals surface area contributed by atoms with Crippen molar-refractivity contribution in [2.75, 3.05) is 0 Å². The summed E-state index contributed by atoms with van der Waals surface area (Å²) in [5.74, 6) is 0. The van der Waals surface area contributed by atoms with Crippen LogP contribution in [0.5, 0.6) is 0 Å². The predicted octanol–water partition coefficient (Wildman–Crippen LogP) is 2.28. The SMILES string of the molecule is Cc1c[c-]ncn1.Cc1ccnc(C)c1.[Re]. The maximum atomic E-state index is 4.04. The van der Waals surface area contributed by atoms with Gasteiger partial charge in [0.1, 0.15) is 0 Å². The van der Waals surface area contributed by atoms with Crippen LogP contribution in [0.3, 0.4) is 0 Å². The van der Waals surface area contributed by atoms with Gasteiger partial charge in [0, 0.05) is 32.3 Å². The molecular weight excluding hydrogens is 372 g/mol. The number of rotatable bonds is 0. The Morgan fingerprint density at radius 2 is 1.81 bits per heavy atom. The molecule has 1 radical (unpaired) electrons. The van der Waals surface area contributed by atoms with E-state index in [-0.39, 0.29) is 20.4 Å². The summed E-state index contributed by atoms with van der Waals surface area (Å²) in [5.41, 5.74) is 3.32. The zero-order chi connectivity index (χ0) is 11.1. The topological polar surface area (TPSA) is 38.7 Å². The molecule has 0 unspecified atom stereocenters. The summed E-state index contributed by atoms with van der Waals surface area (Å²) < 4.78 is 0. The molecule has 0 aliphatic rings. The quantitative estimate of drug-likeness (QED) is 0.652. The van der Waals surface area contributed by atoms with Crippen LogP contribution in [0.4, 0.5) is 0 Å². The van der Waals surface area contributed by atoms with E-state index >= 15 is 0 Å². The Morgan fingerprint density at radius 1 is 1.06 bits per heavy atom. The summed E-state index contributed by atoms with van der Waals surface area (Å²) in [6.45, 7) is 5.96. The number of pyridine rings is 1. The van der Waals surface area contributed by atoms with Crippen molar-refractivity contribution in [3.63, 3.8) is 0 Å². The van der Waals surface area contributed by atoms with Crippen molar-refractivity contribution in [3.8, 4) is 0 Å². The van der Waals surface area contributed by atoms with E-state index in [1.807, 2.05) is 26.1 Å². The molecule has 0 bridgehead atoms. The third-order valence-corrected chi connectivity index (χ3v) is 1.72. The van der Waals surface area contributed by atoms with E-state index in [4.69, 9.17) is 0 Å². The number of aryl methyl sites for hydroxylation is 3. The van der Waals surface area contributed by atoms with Gasteiger partial charge in [-0.3, -0.25) is 4.98 Å². The van der Waals surface area contributed by atoms with Gasteiger partial charge in [0.2, 0.25) is 0 Å². The first-order valence-corrected chi connectivity index (χ1v) is 4.72. The van der Waals surface area contributed by atoms with Crippen LogP contribution in [0, 0.1) is 27.0 Å². The van der Waals surface area contributed by atoms with Crippen LogP contribution in [0.2, 0.25) is 0 Å². The van der Waals surface area contributed by atoms with E-state index in [0.717, 1.165) is 11.4 Å². The van der Waals surface area contributed by atoms with Crippen LogP contribution in [0.15, 0.2) is 30.7 Å². The van der Waals surface area contributed by atoms with Gasteiger partial charge < -0.3 is 9.97 Å². The normalized spacial score (nSPS) is 8.44. The van der Waals surface area contributed by atoms with Crippen LogP contribution in [-0.2, 0) is 20.4 Å². The third kappa shape index (κ3) is 6.39. The first-order valence-electron chi connectivity index (χ1n) is 4.72. The van der Waals surface area contributed by atoms with Crippen LogP contribution >= 0.6 is 0 Å². The molecule has 0 atom stereocenters. The standard InChI is InChI=1S/C7H9N.C5H5N2.Re/c1-6-3-4-8-7(2)5-6;1-5-2-3-6-4-7-5;/h3-5H,1-2H3;2,4H,1H3;/q;-1;. The fourth-order valence-corrected chi connectivity index (χ4v) is 1.01. The Kier molecular flexibility index (Phi) is 7.53. The minimum Gasteiger partial charge on any atom is -0.376 e. The first-order chi connectivity index (χ1) is 7.18. The van der Waals surface area contributed by atoms with Crippen LogP contribution in [-0.4, -0.2) is 15.0 Å². The summed E-state index contributed by atoms with van der Waals surface area (Å²) in [6, 6.07) is 5.78. The van der Waals surface area contributed by atoms with E-state index in [1.54, 1.807) is 6.07 Å². The Morgan fingerprint density at radius 3 is 2.12 bits per heavy atom. The minimum atomic E-state index is 0. The van der Waals surface area contributed by atoms with E-state index in [1.165, 1.54) is 11.9 Å². The fraction of sp³-hybridized carbons (Fsp3) is 0.250. The molecule has 0 aliphatic heterocycles. The molecule has 0 amide bonds.